The third-order valence-electron chi connectivity index (χ3n) is 2.66. The van der Waals surface area contributed by atoms with Gasteiger partial charge >= 0.3 is 13.8 Å². The van der Waals surface area contributed by atoms with Crippen LogP contribution in [-0.2, 0) is 16.1 Å². The maximum atomic E-state index is 12.4. The summed E-state index contributed by atoms with van der Waals surface area (Å²) in [7, 11) is -4.96. The minimum absolute atomic E-state index is 0.0833. The van der Waals surface area contributed by atoms with Gasteiger partial charge in [0.15, 0.2) is 0 Å². The van der Waals surface area contributed by atoms with Crippen LogP contribution in [0.1, 0.15) is 16.3 Å². The summed E-state index contributed by atoms with van der Waals surface area (Å²) in [6.07, 6.45) is -3.44. The largest absolute Gasteiger partial charge is 0.442 e. The van der Waals surface area contributed by atoms with E-state index in [1.807, 2.05) is 12.3 Å². The van der Waals surface area contributed by atoms with Crippen molar-refractivity contribution in [3.05, 3.63) is 44.3 Å². The molecule has 1 N–H and O–H groups in total. The van der Waals surface area contributed by atoms with Gasteiger partial charge in [-0.3, -0.25) is 0 Å². The molecule has 1 heterocycles. The predicted molar refractivity (Wildman–Crippen MR) is 92.4 cm³/mol. The topological polar surface area (TPSA) is 59.4 Å². The normalized spacial score (nSPS) is 14.0. The molecule has 1 aromatic heterocycles. The molecule has 1 unspecified atom stereocenters. The molecule has 0 bridgehead atoms. The number of hydrogen-bond donors (Lipinski definition) is 1. The number of nitrogens with zero attached hydrogens (tertiary/aromatic N) is 1. The van der Waals surface area contributed by atoms with Crippen molar-refractivity contribution in [1.82, 2.24) is 4.98 Å². The lowest BCUT2D eigenvalue weighted by atomic mass is 10.2. The maximum Gasteiger partial charge on any atom is 0.442 e. The number of halogens is 3. The van der Waals surface area contributed by atoms with Crippen LogP contribution in [0.2, 0.25) is 0 Å². The van der Waals surface area contributed by atoms with Crippen LogP contribution in [0.3, 0.4) is 0 Å². The fourth-order valence-corrected chi connectivity index (χ4v) is 4.38. The van der Waals surface area contributed by atoms with E-state index in [-0.39, 0.29) is 5.75 Å². The highest BCUT2D eigenvalue weighted by atomic mass is 79.9. The summed E-state index contributed by atoms with van der Waals surface area (Å²) in [5.74, 6) is 1.39. The molecular formula is C13H13BrF2NO3PS2. The molecule has 1 aromatic carbocycles. The molecule has 1 atom stereocenters. The van der Waals surface area contributed by atoms with Gasteiger partial charge in [0.25, 0.3) is 0 Å². The molecule has 2 aromatic rings. The highest BCUT2D eigenvalue weighted by Gasteiger charge is 2.34. The summed E-state index contributed by atoms with van der Waals surface area (Å²) in [6.45, 7) is 1.95. The maximum absolute atomic E-state index is 12.4. The Labute approximate surface area is 149 Å². The number of thiazole rings is 1. The molecule has 0 amide bonds. The molecule has 0 spiro atoms. The zero-order valence-electron chi connectivity index (χ0n) is 11.9. The lowest BCUT2D eigenvalue weighted by Crippen LogP contribution is -2.01. The van der Waals surface area contributed by atoms with E-state index in [1.54, 1.807) is 35.2 Å². The quantitative estimate of drug-likeness (QED) is 0.577. The van der Waals surface area contributed by atoms with Gasteiger partial charge in [0.1, 0.15) is 5.75 Å². The molecule has 0 saturated carbocycles. The van der Waals surface area contributed by atoms with Gasteiger partial charge in [-0.2, -0.15) is 20.5 Å². The average molecular weight is 444 g/mol. The summed E-state index contributed by atoms with van der Waals surface area (Å²) < 4.78 is 40.8. The fraction of sp³-hybridized carbons (Fsp3) is 0.308. The van der Waals surface area contributed by atoms with Gasteiger partial charge in [-0.15, -0.1) is 11.3 Å². The number of alkyl halides is 2. The van der Waals surface area contributed by atoms with Gasteiger partial charge in [0.2, 0.25) is 0 Å². The molecule has 0 radical (unpaired) electrons. The third-order valence-corrected chi connectivity index (χ3v) is 6.09. The summed E-state index contributed by atoms with van der Waals surface area (Å²) in [4.78, 5) is 13.4. The lowest BCUT2D eigenvalue weighted by Gasteiger charge is -2.14. The van der Waals surface area contributed by atoms with E-state index in [4.69, 9.17) is 4.89 Å². The van der Waals surface area contributed by atoms with Crippen LogP contribution in [0.25, 0.3) is 0 Å². The minimum Gasteiger partial charge on any atom is -0.420 e. The predicted octanol–water partition coefficient (Wildman–Crippen LogP) is 5.43. The van der Waals surface area contributed by atoms with Crippen molar-refractivity contribution < 1.29 is 22.8 Å². The van der Waals surface area contributed by atoms with Crippen LogP contribution in [0, 0.1) is 6.92 Å². The van der Waals surface area contributed by atoms with E-state index in [9.17, 15) is 13.3 Å². The van der Waals surface area contributed by atoms with Gasteiger partial charge in [0, 0.05) is 16.9 Å². The van der Waals surface area contributed by atoms with Crippen LogP contribution in [0.5, 0.6) is 5.75 Å². The number of rotatable bonds is 7. The molecule has 10 heteroatoms. The van der Waals surface area contributed by atoms with Gasteiger partial charge in [-0.05, 0) is 40.5 Å². The highest BCUT2D eigenvalue weighted by molar-refractivity contribution is 9.10. The Morgan fingerprint density at radius 2 is 2.22 bits per heavy atom. The van der Waals surface area contributed by atoms with E-state index in [1.165, 1.54) is 6.07 Å². The van der Waals surface area contributed by atoms with E-state index in [0.29, 0.717) is 10.2 Å². The fourth-order valence-electron chi connectivity index (χ4n) is 1.64. The monoisotopic (exact) mass is 443 g/mol. The molecule has 0 aliphatic heterocycles. The Kier molecular flexibility index (Phi) is 6.62. The molecule has 23 heavy (non-hydrogen) atoms. The van der Waals surface area contributed by atoms with E-state index >= 15 is 0 Å². The first-order valence-corrected chi connectivity index (χ1v) is 10.8. The van der Waals surface area contributed by atoms with Crippen LogP contribution >= 0.6 is 46.6 Å². The summed E-state index contributed by atoms with van der Waals surface area (Å²) in [5.41, 5.74) is 1.96. The average Bonchev–Trinajstić information content (AvgIpc) is 2.87. The Hall–Kier alpha value is -0.470. The van der Waals surface area contributed by atoms with E-state index < -0.39 is 13.8 Å². The van der Waals surface area contributed by atoms with Crippen LogP contribution in [0.15, 0.2) is 28.1 Å². The number of aryl methyl sites for hydroxylation is 1. The van der Waals surface area contributed by atoms with Crippen molar-refractivity contribution in [2.45, 2.75) is 24.6 Å². The van der Waals surface area contributed by atoms with E-state index in [0.717, 1.165) is 22.0 Å². The Morgan fingerprint density at radius 1 is 1.48 bits per heavy atom. The summed E-state index contributed by atoms with van der Waals surface area (Å²) in [5, 5.41) is 3.04. The number of benzene rings is 1. The number of aromatic nitrogens is 1. The van der Waals surface area contributed by atoms with Crippen LogP contribution < -0.4 is 4.52 Å². The second-order valence-electron chi connectivity index (χ2n) is 4.55. The van der Waals surface area contributed by atoms with Crippen molar-refractivity contribution in [3.8, 4) is 5.75 Å². The van der Waals surface area contributed by atoms with Crippen molar-refractivity contribution in [3.63, 3.8) is 0 Å². The second kappa shape index (κ2) is 8.07. The lowest BCUT2D eigenvalue weighted by molar-refractivity contribution is 0.188. The molecule has 2 rings (SSSR count). The van der Waals surface area contributed by atoms with Crippen molar-refractivity contribution in [2.75, 3.05) is 0 Å². The summed E-state index contributed by atoms with van der Waals surface area (Å²) >= 11 is 6.43. The van der Waals surface area contributed by atoms with Gasteiger partial charge < -0.3 is 9.42 Å². The van der Waals surface area contributed by atoms with Crippen molar-refractivity contribution in [1.29, 1.82) is 0 Å². The van der Waals surface area contributed by atoms with Crippen molar-refractivity contribution >= 4 is 46.6 Å². The van der Waals surface area contributed by atoms with Gasteiger partial charge in [-0.25, -0.2) is 9.55 Å². The van der Waals surface area contributed by atoms with Crippen LogP contribution in [-0.4, -0.2) is 16.0 Å². The van der Waals surface area contributed by atoms with Gasteiger partial charge in [-0.1, -0.05) is 6.07 Å². The second-order valence-corrected chi connectivity index (χ2v) is 9.15. The third kappa shape index (κ3) is 5.53. The van der Waals surface area contributed by atoms with E-state index in [2.05, 4.69) is 25.4 Å². The first kappa shape index (κ1) is 18.9. The molecule has 0 aliphatic rings. The highest BCUT2D eigenvalue weighted by Crippen LogP contribution is 2.50. The smallest absolute Gasteiger partial charge is 0.420 e. The number of hydrogen-bond acceptors (Lipinski definition) is 5. The first-order valence-electron chi connectivity index (χ1n) is 6.35. The molecule has 0 fully saturated rings. The van der Waals surface area contributed by atoms with Crippen LogP contribution in [0.4, 0.5) is 8.78 Å². The molecule has 126 valence electrons. The Bertz CT molecular complexity index is 729. The zero-order chi connectivity index (χ0) is 17.0. The first-order chi connectivity index (χ1) is 10.8. The minimum atomic E-state index is -4.96. The van der Waals surface area contributed by atoms with Crippen molar-refractivity contribution in [2.24, 2.45) is 0 Å². The Morgan fingerprint density at radius 3 is 2.78 bits per heavy atom. The molecular weight excluding hydrogens is 431 g/mol. The SMILES string of the molecule is Cc1nc(CSCc2ccc(OP(=O)(O)C(F)F)c(Br)c2)cs1. The Balaban J connectivity index is 1.95. The molecule has 4 nitrogen and oxygen atoms in total. The number of thioether (sulfide) groups is 1. The van der Waals surface area contributed by atoms with Gasteiger partial charge in [0.05, 0.1) is 15.2 Å². The standard InChI is InChI=1S/C13H13BrF2NO3PS2/c1-8-17-10(7-23-8)6-22-5-9-2-3-12(11(14)4-9)20-21(18,19)13(15)16/h2-4,7,13H,5-6H2,1H3,(H,18,19). The molecule has 0 saturated heterocycles. The molecule has 0 aliphatic carbocycles. The summed E-state index contributed by atoms with van der Waals surface area (Å²) in [6, 6.07) is 4.75. The zero-order valence-corrected chi connectivity index (χ0v) is 16.0.